The first-order valence-corrected chi connectivity index (χ1v) is 14.7. The Bertz CT molecular complexity index is 1670. The number of benzene rings is 4. The van der Waals surface area contributed by atoms with Crippen LogP contribution in [0.1, 0.15) is 48.0 Å². The number of fused-ring (bicyclic) bond motifs is 1. The van der Waals surface area contributed by atoms with Gasteiger partial charge in [-0.3, -0.25) is 0 Å². The fourth-order valence-electron chi connectivity index (χ4n) is 5.51. The van der Waals surface area contributed by atoms with Crippen molar-refractivity contribution < 1.29 is 19.4 Å². The van der Waals surface area contributed by atoms with Crippen molar-refractivity contribution in [3.05, 3.63) is 126 Å². The Kier molecular flexibility index (Phi) is 8.79. The monoisotopic (exact) mass is 576 g/mol. The number of nitrogens with zero attached hydrogens (tertiary/aromatic N) is 2. The fraction of sp³-hybridized carbons (Fsp3) is 0.257. The van der Waals surface area contributed by atoms with Gasteiger partial charge in [0.2, 0.25) is 0 Å². The first kappa shape index (κ1) is 28.6. The Morgan fingerprint density at radius 3 is 2.47 bits per heavy atom. The van der Waals surface area contributed by atoms with Crippen molar-refractivity contribution in [2.45, 2.75) is 51.5 Å². The molecule has 0 radical (unpaired) electrons. The number of rotatable bonds is 9. The standard InChI is InChI=1S/C35H36N4O4/c1-2-36-35(41)37-20-25-6-5-7-29(18-25)26-14-16-28(17-15-26)34-42-30(21-39-23-38-31-8-3-4-9-32(31)39)19-33(43-34)27-12-10-24(22-40)11-13-27/h3-18,23,30,33-34,40H,2,19-22H2,1H3,(H2,36,37,41)/t30-,33+,34+/m0/s1. The van der Waals surface area contributed by atoms with E-state index < -0.39 is 6.29 Å². The van der Waals surface area contributed by atoms with Crippen molar-refractivity contribution in [2.24, 2.45) is 0 Å². The summed E-state index contributed by atoms with van der Waals surface area (Å²) in [5, 5.41) is 15.1. The lowest BCUT2D eigenvalue weighted by molar-refractivity contribution is -0.252. The maximum absolute atomic E-state index is 11.8. The molecule has 0 spiro atoms. The van der Waals surface area contributed by atoms with Crippen LogP contribution in [0, 0.1) is 0 Å². The third-order valence-electron chi connectivity index (χ3n) is 7.78. The van der Waals surface area contributed by atoms with Crippen molar-refractivity contribution in [1.82, 2.24) is 20.2 Å². The first-order chi connectivity index (χ1) is 21.1. The van der Waals surface area contributed by atoms with Crippen LogP contribution in [0.2, 0.25) is 0 Å². The maximum Gasteiger partial charge on any atom is 0.315 e. The summed E-state index contributed by atoms with van der Waals surface area (Å²) in [6.07, 6.45) is 1.75. The van der Waals surface area contributed by atoms with E-state index in [2.05, 4.69) is 62.6 Å². The molecule has 5 aromatic rings. The Labute approximate surface area is 251 Å². The number of carbonyl (C=O) groups excluding carboxylic acids is 1. The van der Waals surface area contributed by atoms with E-state index in [-0.39, 0.29) is 24.8 Å². The molecule has 6 rings (SSSR count). The van der Waals surface area contributed by atoms with Gasteiger partial charge in [0.25, 0.3) is 0 Å². The zero-order valence-corrected chi connectivity index (χ0v) is 24.1. The van der Waals surface area contributed by atoms with E-state index in [9.17, 15) is 9.90 Å². The summed E-state index contributed by atoms with van der Waals surface area (Å²) in [6, 6.07) is 32.3. The molecule has 43 heavy (non-hydrogen) atoms. The third-order valence-corrected chi connectivity index (χ3v) is 7.78. The number of aromatic nitrogens is 2. The molecule has 1 fully saturated rings. The van der Waals surface area contributed by atoms with Gasteiger partial charge in [-0.05, 0) is 52.9 Å². The molecular formula is C35H36N4O4. The van der Waals surface area contributed by atoms with Gasteiger partial charge in [0.1, 0.15) is 0 Å². The van der Waals surface area contributed by atoms with Crippen molar-refractivity contribution in [1.29, 1.82) is 0 Å². The second-order valence-electron chi connectivity index (χ2n) is 10.8. The number of hydrogen-bond acceptors (Lipinski definition) is 5. The van der Waals surface area contributed by atoms with Gasteiger partial charge in [-0.15, -0.1) is 0 Å². The molecule has 0 bridgehead atoms. The van der Waals surface area contributed by atoms with E-state index in [1.165, 1.54) is 0 Å². The number of amides is 2. The lowest BCUT2D eigenvalue weighted by atomic mass is 9.99. The van der Waals surface area contributed by atoms with Crippen molar-refractivity contribution >= 4 is 17.1 Å². The van der Waals surface area contributed by atoms with Crippen LogP contribution in [-0.4, -0.2) is 33.3 Å². The summed E-state index contributed by atoms with van der Waals surface area (Å²) >= 11 is 0. The minimum atomic E-state index is -0.544. The van der Waals surface area contributed by atoms with Crippen LogP contribution in [0.5, 0.6) is 0 Å². The number of imidazole rings is 1. The number of aliphatic hydroxyl groups is 1. The lowest BCUT2D eigenvalue weighted by Gasteiger charge is -2.36. The molecule has 8 nitrogen and oxygen atoms in total. The lowest BCUT2D eigenvalue weighted by Crippen LogP contribution is -2.34. The molecule has 1 aliphatic rings. The molecule has 2 amide bonds. The van der Waals surface area contributed by atoms with Crippen LogP contribution in [0.25, 0.3) is 22.2 Å². The van der Waals surface area contributed by atoms with Crippen LogP contribution < -0.4 is 10.6 Å². The third kappa shape index (κ3) is 6.78. The van der Waals surface area contributed by atoms with Gasteiger partial charge in [0, 0.05) is 25.1 Å². The number of para-hydroxylation sites is 2. The maximum atomic E-state index is 11.8. The molecule has 8 heteroatoms. The molecule has 0 saturated carbocycles. The minimum Gasteiger partial charge on any atom is -0.392 e. The molecule has 0 unspecified atom stereocenters. The molecule has 3 atom stereocenters. The smallest absolute Gasteiger partial charge is 0.315 e. The molecule has 1 saturated heterocycles. The second-order valence-corrected chi connectivity index (χ2v) is 10.8. The highest BCUT2D eigenvalue weighted by atomic mass is 16.7. The summed E-state index contributed by atoms with van der Waals surface area (Å²) in [6.45, 7) is 3.60. The number of aliphatic hydroxyl groups excluding tert-OH is 1. The van der Waals surface area contributed by atoms with Gasteiger partial charge >= 0.3 is 6.03 Å². The largest absolute Gasteiger partial charge is 0.392 e. The van der Waals surface area contributed by atoms with Gasteiger partial charge in [0.05, 0.1) is 42.7 Å². The summed E-state index contributed by atoms with van der Waals surface area (Å²) in [5.41, 5.74) is 8.06. The first-order valence-electron chi connectivity index (χ1n) is 14.7. The Morgan fingerprint density at radius 2 is 1.67 bits per heavy atom. The molecule has 0 aliphatic carbocycles. The Balaban J connectivity index is 1.22. The second kappa shape index (κ2) is 13.2. The molecule has 1 aromatic heterocycles. The normalized spacial score (nSPS) is 18.4. The molecule has 4 aromatic carbocycles. The summed E-state index contributed by atoms with van der Waals surface area (Å²) in [5.74, 6) is 0. The molecule has 3 N–H and O–H groups in total. The van der Waals surface area contributed by atoms with E-state index >= 15 is 0 Å². The highest BCUT2D eigenvalue weighted by molar-refractivity contribution is 5.75. The fourth-order valence-corrected chi connectivity index (χ4v) is 5.51. The quantitative estimate of drug-likeness (QED) is 0.192. The molecule has 1 aliphatic heterocycles. The summed E-state index contributed by atoms with van der Waals surface area (Å²) in [4.78, 5) is 16.4. The van der Waals surface area contributed by atoms with Crippen LogP contribution in [0.4, 0.5) is 4.79 Å². The Morgan fingerprint density at radius 1 is 0.884 bits per heavy atom. The van der Waals surface area contributed by atoms with Crippen LogP contribution in [0.15, 0.2) is 103 Å². The van der Waals surface area contributed by atoms with E-state index in [0.717, 1.165) is 44.4 Å². The zero-order chi connectivity index (χ0) is 29.6. The molecule has 220 valence electrons. The van der Waals surface area contributed by atoms with Crippen molar-refractivity contribution in [3.63, 3.8) is 0 Å². The van der Waals surface area contributed by atoms with Gasteiger partial charge < -0.3 is 29.8 Å². The Hall–Kier alpha value is -4.50. The van der Waals surface area contributed by atoms with E-state index in [1.54, 1.807) is 0 Å². The molecule has 2 heterocycles. The van der Waals surface area contributed by atoms with E-state index in [0.29, 0.717) is 26.1 Å². The topological polar surface area (TPSA) is 97.6 Å². The number of nitrogens with one attached hydrogen (secondary N) is 2. The minimum absolute atomic E-state index is 0.00776. The summed E-state index contributed by atoms with van der Waals surface area (Å²) < 4.78 is 15.3. The number of hydrogen-bond donors (Lipinski definition) is 3. The average molecular weight is 577 g/mol. The average Bonchev–Trinajstić information content (AvgIpc) is 3.46. The SMILES string of the molecule is CCNC(=O)NCc1cccc(-c2ccc([C@@H]3O[C@H](Cn4cnc5ccccc54)C[C@H](c4ccc(CO)cc4)O3)cc2)c1. The number of carbonyl (C=O) groups is 1. The summed E-state index contributed by atoms with van der Waals surface area (Å²) in [7, 11) is 0. The van der Waals surface area contributed by atoms with Gasteiger partial charge in [-0.2, -0.15) is 0 Å². The molecular weight excluding hydrogens is 540 g/mol. The highest BCUT2D eigenvalue weighted by Crippen LogP contribution is 2.39. The van der Waals surface area contributed by atoms with Crippen LogP contribution in [0.3, 0.4) is 0 Å². The van der Waals surface area contributed by atoms with Gasteiger partial charge in [-0.1, -0.05) is 78.9 Å². The highest BCUT2D eigenvalue weighted by Gasteiger charge is 2.32. The van der Waals surface area contributed by atoms with Gasteiger partial charge in [0.15, 0.2) is 6.29 Å². The van der Waals surface area contributed by atoms with E-state index in [1.807, 2.05) is 67.8 Å². The predicted octanol–water partition coefficient (Wildman–Crippen LogP) is 6.26. The van der Waals surface area contributed by atoms with E-state index in [4.69, 9.17) is 9.47 Å². The van der Waals surface area contributed by atoms with Crippen LogP contribution >= 0.6 is 0 Å². The number of urea groups is 1. The van der Waals surface area contributed by atoms with Crippen molar-refractivity contribution in [3.8, 4) is 11.1 Å². The zero-order valence-electron chi connectivity index (χ0n) is 24.1. The number of ether oxygens (including phenoxy) is 2. The van der Waals surface area contributed by atoms with Gasteiger partial charge in [-0.25, -0.2) is 9.78 Å². The van der Waals surface area contributed by atoms with Crippen molar-refractivity contribution in [2.75, 3.05) is 6.54 Å². The van der Waals surface area contributed by atoms with Crippen LogP contribution in [-0.2, 0) is 29.2 Å². The predicted molar refractivity (Wildman–Crippen MR) is 166 cm³/mol.